The molecule has 25 heavy (non-hydrogen) atoms. The van der Waals surface area contributed by atoms with Crippen molar-refractivity contribution in [2.45, 2.75) is 13.2 Å². The third-order valence-electron chi connectivity index (χ3n) is 2.92. The minimum absolute atomic E-state index is 0.0801. The number of halogens is 2. The summed E-state index contributed by atoms with van der Waals surface area (Å²) in [6.45, 7) is -2.73. The Morgan fingerprint density at radius 1 is 1.36 bits per heavy atom. The van der Waals surface area contributed by atoms with E-state index in [4.69, 9.17) is 9.57 Å². The van der Waals surface area contributed by atoms with E-state index in [1.165, 1.54) is 31.5 Å². The molecule has 134 valence electrons. The first kappa shape index (κ1) is 18.7. The Labute approximate surface area is 147 Å². The lowest BCUT2D eigenvalue weighted by Gasteiger charge is -2.09. The first-order valence-electron chi connectivity index (χ1n) is 7.15. The van der Waals surface area contributed by atoms with Crippen LogP contribution in [-0.4, -0.2) is 32.4 Å². The van der Waals surface area contributed by atoms with Crippen LogP contribution in [0.4, 0.5) is 8.78 Å². The summed E-state index contributed by atoms with van der Waals surface area (Å²) < 4.78 is 33.8. The molecule has 0 saturated heterocycles. The quantitative estimate of drug-likeness (QED) is 0.544. The predicted octanol–water partition coefficient (Wildman–Crippen LogP) is 3.03. The van der Waals surface area contributed by atoms with Crippen molar-refractivity contribution in [2.75, 3.05) is 13.7 Å². The summed E-state index contributed by atoms with van der Waals surface area (Å²) in [5.41, 5.74) is 0.539. The van der Waals surface area contributed by atoms with E-state index in [1.54, 1.807) is 11.3 Å². The van der Waals surface area contributed by atoms with E-state index in [0.29, 0.717) is 12.1 Å². The maximum absolute atomic E-state index is 12.3. The van der Waals surface area contributed by atoms with Crippen LogP contribution < -0.4 is 14.8 Å². The Balaban J connectivity index is 1.80. The highest BCUT2D eigenvalue weighted by Crippen LogP contribution is 2.28. The lowest BCUT2D eigenvalue weighted by Crippen LogP contribution is -2.26. The lowest BCUT2D eigenvalue weighted by atomic mass is 10.2. The zero-order valence-corrected chi connectivity index (χ0v) is 14.1. The van der Waals surface area contributed by atoms with Crippen molar-refractivity contribution in [3.63, 3.8) is 0 Å². The van der Waals surface area contributed by atoms with E-state index in [1.807, 2.05) is 17.5 Å². The molecule has 1 heterocycles. The second kappa shape index (κ2) is 9.58. The van der Waals surface area contributed by atoms with Gasteiger partial charge in [0.15, 0.2) is 18.1 Å². The van der Waals surface area contributed by atoms with Crippen LogP contribution in [0.5, 0.6) is 11.5 Å². The van der Waals surface area contributed by atoms with Crippen molar-refractivity contribution in [2.24, 2.45) is 5.16 Å². The maximum Gasteiger partial charge on any atom is 0.387 e. The van der Waals surface area contributed by atoms with Crippen LogP contribution in [0.25, 0.3) is 0 Å². The Kier molecular flexibility index (Phi) is 7.15. The van der Waals surface area contributed by atoms with Crippen LogP contribution in [0.1, 0.15) is 10.4 Å². The van der Waals surface area contributed by atoms with Crippen molar-refractivity contribution in [3.8, 4) is 11.5 Å². The Bertz CT molecular complexity index is 708. The lowest BCUT2D eigenvalue weighted by molar-refractivity contribution is -0.125. The van der Waals surface area contributed by atoms with Crippen LogP contribution in [0.3, 0.4) is 0 Å². The zero-order chi connectivity index (χ0) is 18.1. The summed E-state index contributed by atoms with van der Waals surface area (Å²) in [5.74, 6) is -0.245. The van der Waals surface area contributed by atoms with Gasteiger partial charge in [0.1, 0.15) is 0 Å². The number of hydrogen-bond donors (Lipinski definition) is 1. The van der Waals surface area contributed by atoms with E-state index < -0.39 is 6.61 Å². The number of amides is 1. The number of hydrogen-bond acceptors (Lipinski definition) is 6. The molecule has 0 unspecified atom stereocenters. The second-order valence-electron chi connectivity index (χ2n) is 4.65. The Morgan fingerprint density at radius 2 is 2.20 bits per heavy atom. The number of nitrogens with one attached hydrogen (secondary N) is 1. The number of alkyl halides is 2. The van der Waals surface area contributed by atoms with Gasteiger partial charge in [0.2, 0.25) is 0 Å². The molecule has 0 saturated carbocycles. The van der Waals surface area contributed by atoms with Crippen LogP contribution in [0, 0.1) is 0 Å². The third-order valence-corrected chi connectivity index (χ3v) is 3.79. The standard InChI is InChI=1S/C16H16F2N2O4S/c1-22-14-7-11(4-5-13(14)24-16(17)18)8-20-23-10-15(21)19-9-12-3-2-6-25-12/h2-8,16H,9-10H2,1H3,(H,19,21)/b20-8-. The topological polar surface area (TPSA) is 69.2 Å². The normalized spacial score (nSPS) is 10.9. The maximum atomic E-state index is 12.3. The highest BCUT2D eigenvalue weighted by molar-refractivity contribution is 7.09. The van der Waals surface area contributed by atoms with E-state index in [0.717, 1.165) is 4.88 Å². The summed E-state index contributed by atoms with van der Waals surface area (Å²) in [4.78, 5) is 17.5. The summed E-state index contributed by atoms with van der Waals surface area (Å²) in [5, 5.41) is 8.28. The van der Waals surface area contributed by atoms with Gasteiger partial charge in [0.05, 0.1) is 19.9 Å². The molecule has 0 atom stereocenters. The van der Waals surface area contributed by atoms with Gasteiger partial charge in [-0.05, 0) is 29.6 Å². The molecule has 6 nitrogen and oxygen atoms in total. The molecule has 0 bridgehead atoms. The van der Waals surface area contributed by atoms with Crippen LogP contribution in [-0.2, 0) is 16.2 Å². The molecule has 0 aliphatic rings. The first-order chi connectivity index (χ1) is 12.1. The molecule has 1 amide bonds. The fourth-order valence-electron chi connectivity index (χ4n) is 1.80. The van der Waals surface area contributed by atoms with E-state index in [2.05, 4.69) is 15.2 Å². The molecule has 0 fully saturated rings. The van der Waals surface area contributed by atoms with E-state index >= 15 is 0 Å². The molecule has 0 spiro atoms. The average molecular weight is 370 g/mol. The monoisotopic (exact) mass is 370 g/mol. The van der Waals surface area contributed by atoms with Crippen LogP contribution in [0.15, 0.2) is 40.9 Å². The van der Waals surface area contributed by atoms with Gasteiger partial charge in [-0.1, -0.05) is 11.2 Å². The highest BCUT2D eigenvalue weighted by Gasteiger charge is 2.10. The third kappa shape index (κ3) is 6.38. The zero-order valence-electron chi connectivity index (χ0n) is 13.3. The molecule has 0 radical (unpaired) electrons. The number of nitrogens with zero attached hydrogens (tertiary/aromatic N) is 1. The number of methoxy groups -OCH3 is 1. The molecule has 2 rings (SSSR count). The number of thiophene rings is 1. The van der Waals surface area contributed by atoms with Crippen molar-refractivity contribution in [1.82, 2.24) is 5.32 Å². The summed E-state index contributed by atoms with van der Waals surface area (Å²) >= 11 is 1.54. The second-order valence-corrected chi connectivity index (χ2v) is 5.69. The Morgan fingerprint density at radius 3 is 2.88 bits per heavy atom. The minimum atomic E-state index is -2.94. The molecule has 9 heteroatoms. The smallest absolute Gasteiger partial charge is 0.387 e. The van der Waals surface area contributed by atoms with Crippen molar-refractivity contribution in [1.29, 1.82) is 0 Å². The van der Waals surface area contributed by atoms with Gasteiger partial charge in [-0.25, -0.2) is 0 Å². The average Bonchev–Trinajstić information content (AvgIpc) is 3.11. The van der Waals surface area contributed by atoms with Gasteiger partial charge >= 0.3 is 6.61 Å². The summed E-state index contributed by atoms with van der Waals surface area (Å²) in [6, 6.07) is 8.11. The molecule has 1 aromatic carbocycles. The van der Waals surface area contributed by atoms with Gasteiger partial charge < -0.3 is 19.6 Å². The minimum Gasteiger partial charge on any atom is -0.493 e. The number of rotatable bonds is 9. The fourth-order valence-corrected chi connectivity index (χ4v) is 2.45. The number of oxime groups is 1. The number of carbonyl (C=O) groups excluding carboxylic acids is 1. The SMILES string of the molecule is COc1cc(/C=N\OCC(=O)NCc2cccs2)ccc1OC(F)F. The largest absolute Gasteiger partial charge is 0.493 e. The molecule has 1 N–H and O–H groups in total. The van der Waals surface area contributed by atoms with Gasteiger partial charge in [-0.15, -0.1) is 11.3 Å². The fraction of sp³-hybridized carbons (Fsp3) is 0.250. The van der Waals surface area contributed by atoms with Crippen molar-refractivity contribution in [3.05, 3.63) is 46.2 Å². The predicted molar refractivity (Wildman–Crippen MR) is 89.3 cm³/mol. The van der Waals surface area contributed by atoms with Gasteiger partial charge in [0.25, 0.3) is 5.91 Å². The van der Waals surface area contributed by atoms with Crippen LogP contribution in [0.2, 0.25) is 0 Å². The first-order valence-corrected chi connectivity index (χ1v) is 8.03. The van der Waals surface area contributed by atoms with E-state index in [-0.39, 0.29) is 24.0 Å². The highest BCUT2D eigenvalue weighted by atomic mass is 32.1. The molecule has 1 aromatic heterocycles. The molecular weight excluding hydrogens is 354 g/mol. The van der Waals surface area contributed by atoms with Crippen LogP contribution >= 0.6 is 11.3 Å². The van der Waals surface area contributed by atoms with Crippen molar-refractivity contribution >= 4 is 23.5 Å². The molecule has 2 aromatic rings. The van der Waals surface area contributed by atoms with Gasteiger partial charge in [0, 0.05) is 10.4 Å². The number of benzene rings is 1. The number of carbonyl (C=O) groups is 1. The molecule has 0 aliphatic carbocycles. The van der Waals surface area contributed by atoms with Crippen molar-refractivity contribution < 1.29 is 27.9 Å². The summed E-state index contributed by atoms with van der Waals surface area (Å²) in [7, 11) is 1.34. The summed E-state index contributed by atoms with van der Waals surface area (Å²) in [6.07, 6.45) is 1.33. The van der Waals surface area contributed by atoms with Gasteiger partial charge in [-0.2, -0.15) is 8.78 Å². The molecule has 0 aliphatic heterocycles. The molecular formula is C16H16F2N2O4S. The number of ether oxygens (including phenoxy) is 2. The Hall–Kier alpha value is -2.68. The van der Waals surface area contributed by atoms with E-state index in [9.17, 15) is 13.6 Å². The van der Waals surface area contributed by atoms with Gasteiger partial charge in [-0.3, -0.25) is 4.79 Å².